The van der Waals surface area contributed by atoms with Crippen LogP contribution in [0.25, 0.3) is 0 Å². The van der Waals surface area contributed by atoms with Crippen LogP contribution in [-0.2, 0) is 14.3 Å². The van der Waals surface area contributed by atoms with Gasteiger partial charge in [-0.05, 0) is 30.8 Å². The number of esters is 1. The molecule has 3 aliphatic rings. The van der Waals surface area contributed by atoms with Crippen molar-refractivity contribution in [2.24, 2.45) is 17.3 Å². The summed E-state index contributed by atoms with van der Waals surface area (Å²) in [5.41, 5.74) is 0.864. The summed E-state index contributed by atoms with van der Waals surface area (Å²) in [6.07, 6.45) is 1.53. The number of ketones is 1. The van der Waals surface area contributed by atoms with Crippen molar-refractivity contribution >= 4 is 11.8 Å². The van der Waals surface area contributed by atoms with E-state index in [2.05, 4.69) is 13.8 Å². The number of aliphatic hydroxyl groups is 1. The van der Waals surface area contributed by atoms with Crippen LogP contribution in [0.4, 0.5) is 0 Å². The lowest BCUT2D eigenvalue weighted by atomic mass is 9.48. The van der Waals surface area contributed by atoms with Gasteiger partial charge in [0.1, 0.15) is 0 Å². The first kappa shape index (κ1) is 13.3. The molecule has 0 heterocycles. The largest absolute Gasteiger partial charge is 0.464 e. The summed E-state index contributed by atoms with van der Waals surface area (Å²) in [6.45, 7) is 6.11. The van der Waals surface area contributed by atoms with Crippen LogP contribution in [0.5, 0.6) is 0 Å². The number of hydrogen-bond donors (Lipinski definition) is 1. The van der Waals surface area contributed by atoms with Gasteiger partial charge in [-0.15, -0.1) is 0 Å². The molecule has 3 atom stereocenters. The first-order valence-electron chi connectivity index (χ1n) is 6.47. The molecule has 0 aromatic carbocycles. The number of ether oxygens (including phenoxy) is 1. The van der Waals surface area contributed by atoms with Gasteiger partial charge in [0.15, 0.2) is 11.9 Å². The standard InChI is InChI=1S/C14H20O4/c1-4-18-13(17)12(16)6-8-5-11(15)10-7-9(8)14(10,2)3/h5,9-10,12,16H,4,6-7H2,1-3H3. The lowest BCUT2D eigenvalue weighted by Crippen LogP contribution is -2.52. The van der Waals surface area contributed by atoms with E-state index in [9.17, 15) is 14.7 Å². The molecule has 0 aromatic rings. The highest BCUT2D eigenvalue weighted by Crippen LogP contribution is 2.58. The average molecular weight is 252 g/mol. The fourth-order valence-corrected chi connectivity index (χ4v) is 3.17. The van der Waals surface area contributed by atoms with Crippen LogP contribution in [0.1, 0.15) is 33.6 Å². The quantitative estimate of drug-likeness (QED) is 0.770. The molecule has 3 unspecified atom stereocenters. The molecule has 4 heteroatoms. The summed E-state index contributed by atoms with van der Waals surface area (Å²) < 4.78 is 4.77. The molecule has 3 aliphatic carbocycles. The monoisotopic (exact) mass is 252 g/mol. The minimum Gasteiger partial charge on any atom is -0.464 e. The van der Waals surface area contributed by atoms with Gasteiger partial charge < -0.3 is 9.84 Å². The second-order valence-corrected chi connectivity index (χ2v) is 5.76. The fraction of sp³-hybridized carbons (Fsp3) is 0.714. The van der Waals surface area contributed by atoms with E-state index < -0.39 is 12.1 Å². The predicted molar refractivity (Wildman–Crippen MR) is 65.7 cm³/mol. The van der Waals surface area contributed by atoms with Crippen molar-refractivity contribution in [1.29, 1.82) is 0 Å². The van der Waals surface area contributed by atoms with E-state index in [4.69, 9.17) is 4.74 Å². The number of rotatable bonds is 4. The Morgan fingerprint density at radius 2 is 2.22 bits per heavy atom. The van der Waals surface area contributed by atoms with Crippen molar-refractivity contribution in [3.05, 3.63) is 11.6 Å². The molecule has 2 bridgehead atoms. The molecule has 1 N–H and O–H groups in total. The third kappa shape index (κ3) is 1.99. The second-order valence-electron chi connectivity index (χ2n) is 5.76. The zero-order valence-corrected chi connectivity index (χ0v) is 11.1. The van der Waals surface area contributed by atoms with Crippen molar-refractivity contribution in [2.45, 2.75) is 39.7 Å². The maximum absolute atomic E-state index is 11.9. The molecule has 4 nitrogen and oxygen atoms in total. The molecule has 0 radical (unpaired) electrons. The summed E-state index contributed by atoms with van der Waals surface area (Å²) in [5.74, 6) is -0.0473. The van der Waals surface area contributed by atoms with E-state index in [0.717, 1.165) is 12.0 Å². The van der Waals surface area contributed by atoms with E-state index >= 15 is 0 Å². The van der Waals surface area contributed by atoms with Crippen LogP contribution in [0.3, 0.4) is 0 Å². The van der Waals surface area contributed by atoms with Gasteiger partial charge in [0.2, 0.25) is 0 Å². The smallest absolute Gasteiger partial charge is 0.335 e. The summed E-state index contributed by atoms with van der Waals surface area (Å²) in [5, 5.41) is 9.77. The number of aliphatic hydroxyl groups excluding tert-OH is 1. The van der Waals surface area contributed by atoms with Crippen LogP contribution in [0.15, 0.2) is 11.6 Å². The van der Waals surface area contributed by atoms with Gasteiger partial charge in [-0.1, -0.05) is 19.4 Å². The van der Waals surface area contributed by atoms with Gasteiger partial charge in [-0.25, -0.2) is 4.79 Å². The molecule has 1 fully saturated rings. The van der Waals surface area contributed by atoms with Crippen molar-refractivity contribution < 1.29 is 19.4 Å². The Bertz CT molecular complexity index is 408. The maximum atomic E-state index is 11.9. The zero-order chi connectivity index (χ0) is 13.5. The van der Waals surface area contributed by atoms with Crippen molar-refractivity contribution in [3.8, 4) is 0 Å². The van der Waals surface area contributed by atoms with E-state index in [1.165, 1.54) is 0 Å². The fourth-order valence-electron chi connectivity index (χ4n) is 3.17. The van der Waals surface area contributed by atoms with Gasteiger partial charge in [-0.2, -0.15) is 0 Å². The molecule has 100 valence electrons. The van der Waals surface area contributed by atoms with Gasteiger partial charge in [0, 0.05) is 12.3 Å². The number of carbonyl (C=O) groups excluding carboxylic acids is 2. The van der Waals surface area contributed by atoms with E-state index in [1.54, 1.807) is 13.0 Å². The minimum atomic E-state index is -1.16. The van der Waals surface area contributed by atoms with Crippen LogP contribution < -0.4 is 0 Å². The Labute approximate surface area is 107 Å². The Balaban J connectivity index is 2.06. The molecular weight excluding hydrogens is 232 g/mol. The third-order valence-electron chi connectivity index (χ3n) is 4.37. The summed E-state index contributed by atoms with van der Waals surface area (Å²) >= 11 is 0. The minimum absolute atomic E-state index is 0.0322. The van der Waals surface area contributed by atoms with E-state index in [0.29, 0.717) is 5.92 Å². The van der Waals surface area contributed by atoms with Crippen LogP contribution in [-0.4, -0.2) is 29.6 Å². The van der Waals surface area contributed by atoms with Crippen molar-refractivity contribution in [2.75, 3.05) is 6.61 Å². The molecule has 0 amide bonds. The normalized spacial score (nSPS) is 30.2. The molecule has 0 aromatic heterocycles. The van der Waals surface area contributed by atoms with Crippen molar-refractivity contribution in [1.82, 2.24) is 0 Å². The molecule has 18 heavy (non-hydrogen) atoms. The molecule has 3 rings (SSSR count). The topological polar surface area (TPSA) is 63.6 Å². The molecular formula is C14H20O4. The lowest BCUT2D eigenvalue weighted by Gasteiger charge is -2.55. The average Bonchev–Trinajstić information content (AvgIpc) is 2.27. The zero-order valence-electron chi connectivity index (χ0n) is 11.1. The lowest BCUT2D eigenvalue weighted by molar-refractivity contribution is -0.153. The van der Waals surface area contributed by atoms with E-state index in [1.807, 2.05) is 0 Å². The van der Waals surface area contributed by atoms with Crippen LogP contribution in [0, 0.1) is 17.3 Å². The first-order chi connectivity index (χ1) is 8.37. The summed E-state index contributed by atoms with van der Waals surface area (Å²) in [4.78, 5) is 23.3. The second kappa shape index (κ2) is 4.50. The molecule has 0 spiro atoms. The Morgan fingerprint density at radius 3 is 2.72 bits per heavy atom. The first-order valence-corrected chi connectivity index (χ1v) is 6.47. The Hall–Kier alpha value is -1.16. The highest BCUT2D eigenvalue weighted by Gasteiger charge is 2.55. The number of allylic oxidation sites excluding steroid dienone is 1. The highest BCUT2D eigenvalue weighted by molar-refractivity contribution is 5.96. The Morgan fingerprint density at radius 1 is 1.56 bits per heavy atom. The SMILES string of the molecule is CCOC(=O)C(O)CC1=CC(=O)C2CC1C2(C)C. The van der Waals surface area contributed by atoms with Crippen molar-refractivity contribution in [3.63, 3.8) is 0 Å². The van der Waals surface area contributed by atoms with Crippen LogP contribution >= 0.6 is 0 Å². The highest BCUT2D eigenvalue weighted by atomic mass is 16.5. The third-order valence-corrected chi connectivity index (χ3v) is 4.37. The molecule has 0 saturated heterocycles. The van der Waals surface area contributed by atoms with Gasteiger partial charge in [0.05, 0.1) is 6.61 Å². The Kier molecular flexibility index (Phi) is 3.32. The van der Waals surface area contributed by atoms with Gasteiger partial charge >= 0.3 is 5.97 Å². The number of carbonyl (C=O) groups is 2. The van der Waals surface area contributed by atoms with Crippen LogP contribution in [0.2, 0.25) is 0 Å². The van der Waals surface area contributed by atoms with Gasteiger partial charge in [0.25, 0.3) is 0 Å². The number of hydrogen-bond acceptors (Lipinski definition) is 4. The van der Waals surface area contributed by atoms with Gasteiger partial charge in [-0.3, -0.25) is 4.79 Å². The van der Waals surface area contributed by atoms with E-state index in [-0.39, 0.29) is 30.1 Å². The summed E-state index contributed by atoms with van der Waals surface area (Å²) in [7, 11) is 0. The number of fused-ring (bicyclic) bond motifs is 1. The summed E-state index contributed by atoms with van der Waals surface area (Å²) in [6, 6.07) is 0. The predicted octanol–water partition coefficient (Wildman–Crippen LogP) is 1.47. The molecule has 0 aliphatic heterocycles. The maximum Gasteiger partial charge on any atom is 0.335 e. The molecule has 1 saturated carbocycles.